The summed E-state index contributed by atoms with van der Waals surface area (Å²) in [5.74, 6) is 0.600. The van der Waals surface area contributed by atoms with E-state index in [0.29, 0.717) is 32.3 Å². The summed E-state index contributed by atoms with van der Waals surface area (Å²) in [6.45, 7) is 7.26. The van der Waals surface area contributed by atoms with Gasteiger partial charge >= 0.3 is 0 Å². The molecule has 3 rings (SSSR count). The fourth-order valence-electron chi connectivity index (χ4n) is 2.87. The maximum Gasteiger partial charge on any atom is 0.260 e. The summed E-state index contributed by atoms with van der Waals surface area (Å²) < 4.78 is 24.4. The Labute approximate surface area is 169 Å². The predicted octanol–water partition coefficient (Wildman–Crippen LogP) is 1.76. The summed E-state index contributed by atoms with van der Waals surface area (Å²) >= 11 is 0. The lowest BCUT2D eigenvalue weighted by Crippen LogP contribution is -2.39. The highest BCUT2D eigenvalue weighted by molar-refractivity contribution is 5.80. The Hall–Kier alpha value is -2.94. The quantitative estimate of drug-likeness (QED) is 0.649. The Morgan fingerprint density at radius 1 is 1.28 bits per heavy atom. The lowest BCUT2D eigenvalue weighted by molar-refractivity contribution is -0.127. The smallest absolute Gasteiger partial charge is 0.260 e. The Bertz CT molecular complexity index is 830. The van der Waals surface area contributed by atoms with E-state index in [2.05, 4.69) is 25.5 Å². The number of carbonyl (C=O) groups excluding carboxylic acids is 1. The van der Waals surface area contributed by atoms with Crippen LogP contribution in [0.1, 0.15) is 12.6 Å². The molecule has 0 spiro atoms. The monoisotopic (exact) mass is 403 g/mol. The first-order valence-corrected chi connectivity index (χ1v) is 9.64. The van der Waals surface area contributed by atoms with Gasteiger partial charge in [0.2, 0.25) is 5.95 Å². The van der Waals surface area contributed by atoms with E-state index in [1.54, 1.807) is 19.1 Å². The predicted molar refractivity (Wildman–Crippen MR) is 108 cm³/mol. The third-order valence-electron chi connectivity index (χ3n) is 4.39. The lowest BCUT2D eigenvalue weighted by atomic mass is 10.3. The van der Waals surface area contributed by atoms with E-state index in [1.165, 1.54) is 12.1 Å². The topological polar surface area (TPSA) is 88.6 Å². The number of nitrogens with zero attached hydrogens (tertiary/aromatic N) is 3. The number of aromatic nitrogens is 2. The van der Waals surface area contributed by atoms with E-state index in [4.69, 9.17) is 9.47 Å². The van der Waals surface area contributed by atoms with Crippen LogP contribution in [0, 0.1) is 12.7 Å². The molecular formula is C20H26FN5O3. The first kappa shape index (κ1) is 20.8. The van der Waals surface area contributed by atoms with E-state index < -0.39 is 11.9 Å². The number of anilines is 2. The number of aryl methyl sites for hydroxylation is 1. The number of nitrogens with one attached hydrogen (secondary N) is 2. The van der Waals surface area contributed by atoms with Crippen LogP contribution in [0.4, 0.5) is 16.2 Å². The van der Waals surface area contributed by atoms with E-state index in [1.807, 2.05) is 13.0 Å². The van der Waals surface area contributed by atoms with Gasteiger partial charge in [0.05, 0.1) is 13.2 Å². The van der Waals surface area contributed by atoms with E-state index in [9.17, 15) is 9.18 Å². The second-order valence-corrected chi connectivity index (χ2v) is 6.70. The summed E-state index contributed by atoms with van der Waals surface area (Å²) in [6.07, 6.45) is -0.810. The Morgan fingerprint density at radius 2 is 2.03 bits per heavy atom. The van der Waals surface area contributed by atoms with Crippen molar-refractivity contribution < 1.29 is 18.7 Å². The van der Waals surface area contributed by atoms with Gasteiger partial charge in [-0.1, -0.05) is 12.1 Å². The van der Waals surface area contributed by atoms with Gasteiger partial charge < -0.3 is 25.0 Å². The molecule has 1 fully saturated rings. The zero-order chi connectivity index (χ0) is 20.6. The number of hydrogen-bond acceptors (Lipinski definition) is 7. The number of carbonyl (C=O) groups is 1. The molecule has 0 bridgehead atoms. The summed E-state index contributed by atoms with van der Waals surface area (Å²) in [5, 5.41) is 5.88. The largest absolute Gasteiger partial charge is 0.478 e. The molecule has 1 amide bonds. The van der Waals surface area contributed by atoms with Crippen molar-refractivity contribution in [2.24, 2.45) is 0 Å². The molecular weight excluding hydrogens is 377 g/mol. The summed E-state index contributed by atoms with van der Waals surface area (Å²) in [7, 11) is 0. The lowest BCUT2D eigenvalue weighted by Gasteiger charge is -2.28. The maximum absolute atomic E-state index is 13.6. The number of para-hydroxylation sites is 1. The molecule has 9 heteroatoms. The second kappa shape index (κ2) is 10.0. The van der Waals surface area contributed by atoms with Gasteiger partial charge in [-0.05, 0) is 26.0 Å². The molecule has 156 valence electrons. The summed E-state index contributed by atoms with van der Waals surface area (Å²) in [6, 6.07) is 7.94. The van der Waals surface area contributed by atoms with Gasteiger partial charge in [0, 0.05) is 37.9 Å². The first-order valence-electron chi connectivity index (χ1n) is 9.64. The SMILES string of the molecule is Cc1cc(N2CCOCC2)nc(NCCNC(=O)C(C)Oc2ccccc2F)n1. The van der Waals surface area contributed by atoms with Gasteiger partial charge in [0.25, 0.3) is 5.91 Å². The molecule has 2 N–H and O–H groups in total. The fourth-order valence-corrected chi connectivity index (χ4v) is 2.87. The standard InChI is InChI=1S/C20H26FN5O3/c1-14-13-18(26-9-11-28-12-10-26)25-20(24-14)23-8-7-22-19(27)15(2)29-17-6-4-3-5-16(17)21/h3-6,13,15H,7-12H2,1-2H3,(H,22,27)(H,23,24,25). The van der Waals surface area contributed by atoms with Gasteiger partial charge in [-0.25, -0.2) is 9.37 Å². The second-order valence-electron chi connectivity index (χ2n) is 6.70. The van der Waals surface area contributed by atoms with Crippen LogP contribution >= 0.6 is 0 Å². The van der Waals surface area contributed by atoms with Gasteiger partial charge in [0.1, 0.15) is 5.82 Å². The van der Waals surface area contributed by atoms with Crippen molar-refractivity contribution in [2.75, 3.05) is 49.6 Å². The third kappa shape index (κ3) is 6.02. The molecule has 2 heterocycles. The molecule has 2 aromatic rings. The van der Waals surface area contributed by atoms with Crippen LogP contribution in [0.15, 0.2) is 30.3 Å². The average molecular weight is 403 g/mol. The number of ether oxygens (including phenoxy) is 2. The molecule has 29 heavy (non-hydrogen) atoms. The Morgan fingerprint density at radius 3 is 2.79 bits per heavy atom. The van der Waals surface area contributed by atoms with Crippen LogP contribution in [0.2, 0.25) is 0 Å². The van der Waals surface area contributed by atoms with Gasteiger partial charge in [-0.15, -0.1) is 0 Å². The number of morpholine rings is 1. The minimum atomic E-state index is -0.810. The third-order valence-corrected chi connectivity index (χ3v) is 4.39. The van der Waals surface area contributed by atoms with Crippen LogP contribution in [0.25, 0.3) is 0 Å². The molecule has 1 unspecified atom stereocenters. The van der Waals surface area contributed by atoms with E-state index >= 15 is 0 Å². The highest BCUT2D eigenvalue weighted by Gasteiger charge is 2.16. The number of amides is 1. The number of benzene rings is 1. The summed E-state index contributed by atoms with van der Waals surface area (Å²) in [4.78, 5) is 23.2. The van der Waals surface area contributed by atoms with E-state index in [-0.39, 0.29) is 11.7 Å². The van der Waals surface area contributed by atoms with Crippen LogP contribution in [0.5, 0.6) is 5.75 Å². The molecule has 1 aliphatic rings. The van der Waals surface area contributed by atoms with Crippen LogP contribution in [0.3, 0.4) is 0 Å². The van der Waals surface area contributed by atoms with Crippen molar-refractivity contribution >= 4 is 17.7 Å². The highest BCUT2D eigenvalue weighted by Crippen LogP contribution is 2.17. The van der Waals surface area contributed by atoms with Crippen LogP contribution in [-0.4, -0.2) is 61.4 Å². The normalized spacial score (nSPS) is 14.9. The van der Waals surface area contributed by atoms with E-state index in [0.717, 1.165) is 24.6 Å². The van der Waals surface area contributed by atoms with Crippen molar-refractivity contribution in [1.29, 1.82) is 0 Å². The molecule has 1 aromatic carbocycles. The van der Waals surface area contributed by atoms with Crippen molar-refractivity contribution in [1.82, 2.24) is 15.3 Å². The molecule has 1 aromatic heterocycles. The molecule has 0 aliphatic carbocycles. The Kier molecular flexibility index (Phi) is 7.18. The molecule has 1 saturated heterocycles. The Balaban J connectivity index is 1.45. The van der Waals surface area contributed by atoms with Gasteiger partial charge in [-0.3, -0.25) is 4.79 Å². The maximum atomic E-state index is 13.6. The van der Waals surface area contributed by atoms with Gasteiger partial charge in [0.15, 0.2) is 17.7 Å². The highest BCUT2D eigenvalue weighted by atomic mass is 19.1. The van der Waals surface area contributed by atoms with Crippen molar-refractivity contribution in [3.8, 4) is 5.75 Å². The van der Waals surface area contributed by atoms with Crippen molar-refractivity contribution in [2.45, 2.75) is 20.0 Å². The zero-order valence-electron chi connectivity index (χ0n) is 16.7. The fraction of sp³-hybridized carbons (Fsp3) is 0.450. The van der Waals surface area contributed by atoms with Crippen molar-refractivity contribution in [3.63, 3.8) is 0 Å². The average Bonchev–Trinajstić information content (AvgIpc) is 2.73. The van der Waals surface area contributed by atoms with Crippen molar-refractivity contribution in [3.05, 3.63) is 41.8 Å². The van der Waals surface area contributed by atoms with Crippen LogP contribution in [-0.2, 0) is 9.53 Å². The molecule has 0 radical (unpaired) electrons. The van der Waals surface area contributed by atoms with Crippen LogP contribution < -0.4 is 20.3 Å². The number of halogens is 1. The number of hydrogen-bond donors (Lipinski definition) is 2. The van der Waals surface area contributed by atoms with Gasteiger partial charge in [-0.2, -0.15) is 4.98 Å². The summed E-state index contributed by atoms with van der Waals surface area (Å²) in [5.41, 5.74) is 0.861. The molecule has 1 aliphatic heterocycles. The minimum absolute atomic E-state index is 0.0528. The minimum Gasteiger partial charge on any atom is -0.478 e. The molecule has 0 saturated carbocycles. The molecule has 8 nitrogen and oxygen atoms in total. The zero-order valence-corrected chi connectivity index (χ0v) is 16.7. The molecule has 1 atom stereocenters. The first-order chi connectivity index (χ1) is 14.0. The number of rotatable bonds is 8.